The molecule has 1 aliphatic heterocycles. The maximum Gasteiger partial charge on any atom is 0.205 e. The Bertz CT molecular complexity index is 1050. The molecule has 0 spiro atoms. The first-order valence-electron chi connectivity index (χ1n) is 11.9. The van der Waals surface area contributed by atoms with Crippen LogP contribution in [-0.2, 0) is 4.79 Å². The van der Waals surface area contributed by atoms with Gasteiger partial charge in [0.25, 0.3) is 0 Å². The van der Waals surface area contributed by atoms with Gasteiger partial charge in [0.15, 0.2) is 17.3 Å². The molecule has 0 aromatic heterocycles. The molecule has 0 radical (unpaired) electrons. The van der Waals surface area contributed by atoms with Gasteiger partial charge in [-0.25, -0.2) is 4.39 Å². The van der Waals surface area contributed by atoms with E-state index in [4.69, 9.17) is 25.8 Å². The summed E-state index contributed by atoms with van der Waals surface area (Å²) in [5.41, 5.74) is 1.94. The summed E-state index contributed by atoms with van der Waals surface area (Å²) in [6.45, 7) is 7.93. The Balaban J connectivity index is 1.79. The molecule has 1 unspecified atom stereocenters. The molecule has 0 aliphatic carbocycles. The number of benzene rings is 2. The highest BCUT2D eigenvalue weighted by Gasteiger charge is 2.27. The standard InChI is InChI=1S/C27H33ClFNO5/c1-17(20-5-7-21(29)8-6-20)11-15-34-27-25(35-16-14-30-12-9-22(32)10-13-30)23(19(3)31)18(2)24(28)26(27)33-4/h5-8,17H,9-16H2,1-4H3. The van der Waals surface area contributed by atoms with Gasteiger partial charge in [0, 0.05) is 32.5 Å². The summed E-state index contributed by atoms with van der Waals surface area (Å²) in [6, 6.07) is 6.41. The molecule has 1 aliphatic rings. The smallest absolute Gasteiger partial charge is 0.205 e. The fraction of sp³-hybridized carbons (Fsp3) is 0.481. The molecule has 1 heterocycles. The van der Waals surface area contributed by atoms with Gasteiger partial charge in [-0.15, -0.1) is 0 Å². The van der Waals surface area contributed by atoms with E-state index >= 15 is 0 Å². The number of methoxy groups -OCH3 is 1. The number of ether oxygens (including phenoxy) is 3. The quantitative estimate of drug-likeness (QED) is 0.369. The highest BCUT2D eigenvalue weighted by molar-refractivity contribution is 6.34. The number of carbonyl (C=O) groups excluding carboxylic acids is 2. The Morgan fingerprint density at radius 2 is 1.71 bits per heavy atom. The van der Waals surface area contributed by atoms with Gasteiger partial charge in [0.1, 0.15) is 18.2 Å². The van der Waals surface area contributed by atoms with Gasteiger partial charge in [-0.05, 0) is 49.4 Å². The first kappa shape index (κ1) is 27.0. The van der Waals surface area contributed by atoms with Gasteiger partial charge in [0.2, 0.25) is 5.75 Å². The van der Waals surface area contributed by atoms with Crippen molar-refractivity contribution in [2.24, 2.45) is 0 Å². The topological polar surface area (TPSA) is 65.1 Å². The molecule has 0 saturated carbocycles. The number of ketones is 2. The van der Waals surface area contributed by atoms with Crippen LogP contribution < -0.4 is 14.2 Å². The molecule has 1 atom stereocenters. The van der Waals surface area contributed by atoms with Crippen molar-refractivity contribution >= 4 is 23.2 Å². The maximum atomic E-state index is 13.3. The molecule has 6 nitrogen and oxygen atoms in total. The fourth-order valence-corrected chi connectivity index (χ4v) is 4.50. The average Bonchev–Trinajstić information content (AvgIpc) is 2.83. The number of halogens is 2. The Morgan fingerprint density at radius 3 is 2.31 bits per heavy atom. The summed E-state index contributed by atoms with van der Waals surface area (Å²) in [7, 11) is 1.50. The van der Waals surface area contributed by atoms with Crippen LogP contribution in [0.5, 0.6) is 17.2 Å². The Labute approximate surface area is 211 Å². The fourth-order valence-electron chi connectivity index (χ4n) is 4.24. The Morgan fingerprint density at radius 1 is 1.09 bits per heavy atom. The van der Waals surface area contributed by atoms with Gasteiger partial charge in [-0.2, -0.15) is 0 Å². The van der Waals surface area contributed by atoms with Crippen molar-refractivity contribution in [3.8, 4) is 17.2 Å². The Kier molecular flexibility index (Phi) is 9.52. The first-order chi connectivity index (χ1) is 16.7. The molecule has 3 rings (SSSR count). The lowest BCUT2D eigenvalue weighted by Crippen LogP contribution is -2.36. The number of Topliss-reactive ketones (excluding diaryl/α,β-unsaturated/α-hetero) is 2. The van der Waals surface area contributed by atoms with Gasteiger partial charge >= 0.3 is 0 Å². The number of hydrogen-bond acceptors (Lipinski definition) is 6. The predicted octanol–water partition coefficient (Wildman–Crippen LogP) is 5.62. The molecule has 0 bridgehead atoms. The number of rotatable bonds is 11. The summed E-state index contributed by atoms with van der Waals surface area (Å²) in [6.07, 6.45) is 1.75. The largest absolute Gasteiger partial charge is 0.491 e. The molecule has 35 heavy (non-hydrogen) atoms. The maximum absolute atomic E-state index is 13.3. The van der Waals surface area contributed by atoms with E-state index in [0.29, 0.717) is 85.5 Å². The van der Waals surface area contributed by atoms with E-state index in [1.54, 1.807) is 19.1 Å². The van der Waals surface area contributed by atoms with E-state index in [2.05, 4.69) is 4.90 Å². The normalized spacial score (nSPS) is 15.1. The molecule has 1 fully saturated rings. The Hall–Kier alpha value is -2.64. The van der Waals surface area contributed by atoms with Gasteiger partial charge in [-0.1, -0.05) is 30.7 Å². The van der Waals surface area contributed by atoms with Gasteiger partial charge in [-0.3, -0.25) is 14.5 Å². The molecule has 8 heteroatoms. The van der Waals surface area contributed by atoms with Crippen molar-refractivity contribution in [3.63, 3.8) is 0 Å². The molecular formula is C27H33ClFNO5. The zero-order chi connectivity index (χ0) is 25.5. The monoisotopic (exact) mass is 505 g/mol. The lowest BCUT2D eigenvalue weighted by molar-refractivity contribution is -0.121. The average molecular weight is 506 g/mol. The molecule has 2 aromatic rings. The lowest BCUT2D eigenvalue weighted by atomic mass is 9.98. The number of piperidine rings is 1. The highest BCUT2D eigenvalue weighted by Crippen LogP contribution is 2.48. The van der Waals surface area contributed by atoms with E-state index in [9.17, 15) is 14.0 Å². The van der Waals surface area contributed by atoms with Crippen molar-refractivity contribution in [1.29, 1.82) is 0 Å². The minimum absolute atomic E-state index is 0.126. The third-order valence-electron chi connectivity index (χ3n) is 6.40. The lowest BCUT2D eigenvalue weighted by Gasteiger charge is -2.26. The molecule has 0 amide bonds. The van der Waals surface area contributed by atoms with Crippen LogP contribution in [0.4, 0.5) is 4.39 Å². The zero-order valence-electron chi connectivity index (χ0n) is 20.8. The zero-order valence-corrected chi connectivity index (χ0v) is 21.5. The van der Waals surface area contributed by atoms with E-state index in [1.807, 2.05) is 6.92 Å². The van der Waals surface area contributed by atoms with Crippen LogP contribution in [0, 0.1) is 12.7 Å². The SMILES string of the molecule is COc1c(Cl)c(C)c(C(C)=O)c(OCCN2CCC(=O)CC2)c1OCCC(C)c1ccc(F)cc1. The minimum Gasteiger partial charge on any atom is -0.491 e. The van der Waals surface area contributed by atoms with Crippen molar-refractivity contribution in [2.75, 3.05) is 40.0 Å². The predicted molar refractivity (Wildman–Crippen MR) is 134 cm³/mol. The molecule has 1 saturated heterocycles. The van der Waals surface area contributed by atoms with Crippen LogP contribution >= 0.6 is 11.6 Å². The van der Waals surface area contributed by atoms with Crippen molar-refractivity contribution in [3.05, 3.63) is 51.8 Å². The summed E-state index contributed by atoms with van der Waals surface area (Å²) >= 11 is 6.55. The van der Waals surface area contributed by atoms with Gasteiger partial charge in [0.05, 0.1) is 24.3 Å². The van der Waals surface area contributed by atoms with Crippen molar-refractivity contribution in [2.45, 2.75) is 46.0 Å². The van der Waals surface area contributed by atoms with Crippen molar-refractivity contribution in [1.82, 2.24) is 4.90 Å². The summed E-state index contributed by atoms with van der Waals surface area (Å²) in [5.74, 6) is 0.890. The second kappa shape index (κ2) is 12.4. The third kappa shape index (κ3) is 6.73. The molecule has 190 valence electrons. The van der Waals surface area contributed by atoms with Crippen LogP contribution in [0.1, 0.15) is 60.5 Å². The molecule has 2 aromatic carbocycles. The number of carbonyl (C=O) groups is 2. The highest BCUT2D eigenvalue weighted by atomic mass is 35.5. The summed E-state index contributed by atoms with van der Waals surface area (Å²) in [5, 5.41) is 0.307. The van der Waals surface area contributed by atoms with Crippen LogP contribution in [0.25, 0.3) is 0 Å². The van der Waals surface area contributed by atoms with Crippen LogP contribution in [0.3, 0.4) is 0 Å². The minimum atomic E-state index is -0.272. The van der Waals surface area contributed by atoms with E-state index in [-0.39, 0.29) is 23.3 Å². The van der Waals surface area contributed by atoms with Crippen molar-refractivity contribution < 1.29 is 28.2 Å². The van der Waals surface area contributed by atoms with Crippen LogP contribution in [0.15, 0.2) is 24.3 Å². The number of likely N-dealkylation sites (tertiary alicyclic amines) is 1. The second-order valence-electron chi connectivity index (χ2n) is 8.88. The van der Waals surface area contributed by atoms with E-state index in [0.717, 1.165) is 5.56 Å². The summed E-state index contributed by atoms with van der Waals surface area (Å²) in [4.78, 5) is 26.2. The van der Waals surface area contributed by atoms with Crippen LogP contribution in [-0.4, -0.2) is 56.4 Å². The van der Waals surface area contributed by atoms with E-state index in [1.165, 1.54) is 26.2 Å². The number of nitrogens with zero attached hydrogens (tertiary/aromatic N) is 1. The second-order valence-corrected chi connectivity index (χ2v) is 9.26. The summed E-state index contributed by atoms with van der Waals surface area (Å²) < 4.78 is 31.1. The molecular weight excluding hydrogens is 473 g/mol. The van der Waals surface area contributed by atoms with E-state index < -0.39 is 0 Å². The third-order valence-corrected chi connectivity index (χ3v) is 6.86. The molecule has 0 N–H and O–H groups in total. The first-order valence-corrected chi connectivity index (χ1v) is 12.3. The van der Waals surface area contributed by atoms with Crippen LogP contribution in [0.2, 0.25) is 5.02 Å². The van der Waals surface area contributed by atoms with Gasteiger partial charge < -0.3 is 14.2 Å². The number of hydrogen-bond donors (Lipinski definition) is 0.